The Morgan fingerprint density at radius 1 is 1.27 bits per heavy atom. The average molecular weight is 412 g/mol. The molecule has 1 aromatic carbocycles. The first-order chi connectivity index (χ1) is 14.4. The summed E-state index contributed by atoms with van der Waals surface area (Å²) in [4.78, 5) is 24.7. The summed E-state index contributed by atoms with van der Waals surface area (Å²) in [7, 11) is 0. The zero-order chi connectivity index (χ0) is 21.5. The van der Waals surface area contributed by atoms with Gasteiger partial charge in [0.1, 0.15) is 11.3 Å². The van der Waals surface area contributed by atoms with Crippen LogP contribution in [0.2, 0.25) is 0 Å². The van der Waals surface area contributed by atoms with Gasteiger partial charge >= 0.3 is 6.09 Å². The van der Waals surface area contributed by atoms with E-state index >= 15 is 0 Å². The molecule has 0 spiro atoms. The summed E-state index contributed by atoms with van der Waals surface area (Å²) in [5, 5.41) is 2.69. The first-order valence-electron chi connectivity index (χ1n) is 9.73. The number of fused-ring (bicyclic) bond motifs is 1. The molecule has 30 heavy (non-hydrogen) atoms. The lowest BCUT2D eigenvalue weighted by atomic mass is 10.1. The highest BCUT2D eigenvalue weighted by Crippen LogP contribution is 2.19. The highest BCUT2D eigenvalue weighted by atomic mass is 19.1. The molecule has 0 unspecified atom stereocenters. The van der Waals surface area contributed by atoms with Gasteiger partial charge in [-0.15, -0.1) is 0 Å². The van der Waals surface area contributed by atoms with E-state index in [-0.39, 0.29) is 5.82 Å². The van der Waals surface area contributed by atoms with E-state index in [1.54, 1.807) is 18.5 Å². The number of carbonyl (C=O) groups excluding carboxylic acids is 1. The Bertz CT molecular complexity index is 1030. The number of nitrogen functional groups attached to an aromatic ring is 1. The second kappa shape index (κ2) is 9.82. The van der Waals surface area contributed by atoms with Gasteiger partial charge in [0.05, 0.1) is 12.9 Å². The van der Waals surface area contributed by atoms with E-state index in [1.165, 1.54) is 12.1 Å². The standard InChI is InChI=1S/C21H25FN6O2/c1-14(2)19-26-18(23)17-20(27-19)28(13-25-17)11-3-4-12-30-21(29)24-10-9-15-5-7-16(22)8-6-15/h5-8,13H,1,3-4,9-12H2,2H3,(H,24,29)(H2,23,26,27). The molecule has 0 saturated carbocycles. The van der Waals surface area contributed by atoms with Crippen molar-refractivity contribution in [3.05, 3.63) is 54.4 Å². The van der Waals surface area contributed by atoms with E-state index in [2.05, 4.69) is 26.8 Å². The van der Waals surface area contributed by atoms with Crippen molar-refractivity contribution < 1.29 is 13.9 Å². The third-order valence-corrected chi connectivity index (χ3v) is 4.50. The Hall–Kier alpha value is -3.49. The van der Waals surface area contributed by atoms with Crippen LogP contribution in [0.5, 0.6) is 0 Å². The van der Waals surface area contributed by atoms with E-state index in [0.29, 0.717) is 55.3 Å². The zero-order valence-corrected chi connectivity index (χ0v) is 16.9. The van der Waals surface area contributed by atoms with Crippen molar-refractivity contribution in [1.82, 2.24) is 24.8 Å². The maximum atomic E-state index is 12.9. The molecular formula is C21H25FN6O2. The molecule has 2 heterocycles. The minimum atomic E-state index is -0.461. The lowest BCUT2D eigenvalue weighted by Crippen LogP contribution is -2.26. The Kier molecular flexibility index (Phi) is 6.95. The van der Waals surface area contributed by atoms with E-state index in [0.717, 1.165) is 17.6 Å². The SMILES string of the molecule is C=C(C)c1nc(N)c2ncn(CCCCOC(=O)NCCc3ccc(F)cc3)c2n1. The van der Waals surface area contributed by atoms with Gasteiger partial charge in [-0.05, 0) is 49.5 Å². The topological polar surface area (TPSA) is 108 Å². The summed E-state index contributed by atoms with van der Waals surface area (Å²) in [5.74, 6) is 0.557. The van der Waals surface area contributed by atoms with Crippen molar-refractivity contribution >= 4 is 28.6 Å². The van der Waals surface area contributed by atoms with Crippen molar-refractivity contribution in [2.24, 2.45) is 0 Å². The number of amides is 1. The summed E-state index contributed by atoms with van der Waals surface area (Å²) < 4.78 is 20.0. The van der Waals surface area contributed by atoms with Crippen LogP contribution in [-0.2, 0) is 17.7 Å². The van der Waals surface area contributed by atoms with Crippen molar-refractivity contribution in [2.75, 3.05) is 18.9 Å². The number of imidazole rings is 1. The molecule has 0 fully saturated rings. The number of carbonyl (C=O) groups is 1. The number of allylic oxidation sites excluding steroid dienone is 1. The molecule has 0 saturated heterocycles. The number of alkyl carbamates (subject to hydrolysis) is 1. The Morgan fingerprint density at radius 3 is 2.77 bits per heavy atom. The first kappa shape index (κ1) is 21.2. The van der Waals surface area contributed by atoms with Gasteiger partial charge in [-0.25, -0.2) is 24.1 Å². The number of nitrogens with one attached hydrogen (secondary N) is 1. The quantitative estimate of drug-likeness (QED) is 0.522. The number of ether oxygens (including phenoxy) is 1. The smallest absolute Gasteiger partial charge is 0.407 e. The Balaban J connectivity index is 1.38. The molecule has 0 aliphatic heterocycles. The summed E-state index contributed by atoms with van der Waals surface area (Å²) in [5.41, 5.74) is 8.86. The number of aromatic nitrogens is 4. The number of halogens is 1. The normalized spacial score (nSPS) is 10.9. The van der Waals surface area contributed by atoms with Crippen LogP contribution in [0.3, 0.4) is 0 Å². The van der Waals surface area contributed by atoms with Gasteiger partial charge in [0.15, 0.2) is 17.3 Å². The largest absolute Gasteiger partial charge is 0.450 e. The van der Waals surface area contributed by atoms with Gasteiger partial charge in [0.2, 0.25) is 0 Å². The summed E-state index contributed by atoms with van der Waals surface area (Å²) in [6, 6.07) is 6.19. The van der Waals surface area contributed by atoms with E-state index in [1.807, 2.05) is 11.5 Å². The van der Waals surface area contributed by atoms with Gasteiger partial charge < -0.3 is 20.4 Å². The van der Waals surface area contributed by atoms with Crippen LogP contribution in [0.25, 0.3) is 16.7 Å². The average Bonchev–Trinajstić information content (AvgIpc) is 3.13. The van der Waals surface area contributed by atoms with Crippen molar-refractivity contribution in [3.8, 4) is 0 Å². The third-order valence-electron chi connectivity index (χ3n) is 4.50. The minimum absolute atomic E-state index is 0.276. The molecule has 0 aliphatic carbocycles. The second-order valence-corrected chi connectivity index (χ2v) is 6.97. The van der Waals surface area contributed by atoms with Crippen LogP contribution in [0, 0.1) is 5.82 Å². The van der Waals surface area contributed by atoms with Crippen LogP contribution >= 0.6 is 0 Å². The first-order valence-corrected chi connectivity index (χ1v) is 9.73. The van der Waals surface area contributed by atoms with Crippen LogP contribution in [-0.4, -0.2) is 38.8 Å². The van der Waals surface area contributed by atoms with Crippen LogP contribution in [0.4, 0.5) is 15.0 Å². The molecule has 9 heteroatoms. The molecule has 8 nitrogen and oxygen atoms in total. The summed E-state index contributed by atoms with van der Waals surface area (Å²) >= 11 is 0. The molecule has 3 N–H and O–H groups in total. The van der Waals surface area contributed by atoms with E-state index < -0.39 is 6.09 Å². The predicted molar refractivity (Wildman–Crippen MR) is 113 cm³/mol. The monoisotopic (exact) mass is 412 g/mol. The Labute approximate surface area is 174 Å². The van der Waals surface area contributed by atoms with Crippen LogP contribution in [0.1, 0.15) is 31.2 Å². The number of nitrogens with zero attached hydrogens (tertiary/aromatic N) is 4. The molecule has 3 aromatic rings. The summed E-state index contributed by atoms with van der Waals surface area (Å²) in [6.45, 7) is 7.08. The molecule has 3 rings (SSSR count). The van der Waals surface area contributed by atoms with Gasteiger partial charge in [-0.3, -0.25) is 0 Å². The highest BCUT2D eigenvalue weighted by molar-refractivity contribution is 5.83. The van der Waals surface area contributed by atoms with Gasteiger partial charge in [-0.2, -0.15) is 0 Å². The van der Waals surface area contributed by atoms with Gasteiger partial charge in [-0.1, -0.05) is 18.7 Å². The molecule has 0 atom stereocenters. The third kappa shape index (κ3) is 5.53. The molecule has 1 amide bonds. The fourth-order valence-corrected chi connectivity index (χ4v) is 2.88. The maximum absolute atomic E-state index is 12.9. The molecule has 0 bridgehead atoms. The number of benzene rings is 1. The van der Waals surface area contributed by atoms with E-state index in [4.69, 9.17) is 10.5 Å². The van der Waals surface area contributed by atoms with Crippen molar-refractivity contribution in [3.63, 3.8) is 0 Å². The number of hydrogen-bond acceptors (Lipinski definition) is 6. The number of rotatable bonds is 9. The fraction of sp³-hybridized carbons (Fsp3) is 0.333. The van der Waals surface area contributed by atoms with Crippen LogP contribution < -0.4 is 11.1 Å². The number of unbranched alkanes of at least 4 members (excludes halogenated alkanes) is 1. The fourth-order valence-electron chi connectivity index (χ4n) is 2.88. The molecule has 158 valence electrons. The summed E-state index contributed by atoms with van der Waals surface area (Å²) in [6.07, 6.45) is 3.30. The molecular weight excluding hydrogens is 387 g/mol. The lowest BCUT2D eigenvalue weighted by Gasteiger charge is -2.08. The van der Waals surface area contributed by atoms with E-state index in [9.17, 15) is 9.18 Å². The zero-order valence-electron chi connectivity index (χ0n) is 16.9. The highest BCUT2D eigenvalue weighted by Gasteiger charge is 2.11. The molecule has 0 aliphatic rings. The van der Waals surface area contributed by atoms with Gasteiger partial charge in [0, 0.05) is 13.1 Å². The number of anilines is 1. The van der Waals surface area contributed by atoms with Crippen molar-refractivity contribution in [1.29, 1.82) is 0 Å². The molecule has 0 radical (unpaired) electrons. The number of nitrogens with two attached hydrogens (primary N) is 1. The number of hydrogen-bond donors (Lipinski definition) is 2. The van der Waals surface area contributed by atoms with Crippen molar-refractivity contribution in [2.45, 2.75) is 32.7 Å². The lowest BCUT2D eigenvalue weighted by molar-refractivity contribution is 0.144. The molecule has 2 aromatic heterocycles. The Morgan fingerprint density at radius 2 is 2.03 bits per heavy atom. The maximum Gasteiger partial charge on any atom is 0.407 e. The van der Waals surface area contributed by atoms with Crippen LogP contribution in [0.15, 0.2) is 37.2 Å². The minimum Gasteiger partial charge on any atom is -0.450 e. The van der Waals surface area contributed by atoms with Gasteiger partial charge in [0.25, 0.3) is 0 Å². The predicted octanol–water partition coefficient (Wildman–Crippen LogP) is 3.33. The number of aryl methyl sites for hydroxylation is 1. The second-order valence-electron chi connectivity index (χ2n) is 6.97.